The Hall–Kier alpha value is -1.94. The molecule has 1 saturated carbocycles. The lowest BCUT2D eigenvalue weighted by Crippen LogP contribution is -2.38. The summed E-state index contributed by atoms with van der Waals surface area (Å²) in [7, 11) is 1.68. The van der Waals surface area contributed by atoms with Crippen molar-refractivity contribution in [3.05, 3.63) is 64.7 Å². The summed E-state index contributed by atoms with van der Waals surface area (Å²) in [5.74, 6) is 0.707. The summed E-state index contributed by atoms with van der Waals surface area (Å²) < 4.78 is 39.6. The van der Waals surface area contributed by atoms with Gasteiger partial charge >= 0.3 is 0 Å². The van der Waals surface area contributed by atoms with Crippen molar-refractivity contribution in [2.24, 2.45) is 10.9 Å². The first-order valence-electron chi connectivity index (χ1n) is 10.8. The molecule has 3 atom stereocenters. The predicted molar refractivity (Wildman–Crippen MR) is 132 cm³/mol. The molecule has 0 spiro atoms. The maximum absolute atomic E-state index is 14.0. The summed E-state index contributed by atoms with van der Waals surface area (Å²) >= 11 is 0. The van der Waals surface area contributed by atoms with E-state index in [0.29, 0.717) is 31.4 Å². The first-order chi connectivity index (χ1) is 15.0. The van der Waals surface area contributed by atoms with Gasteiger partial charge in [0.1, 0.15) is 17.4 Å². The van der Waals surface area contributed by atoms with Gasteiger partial charge < -0.3 is 20.1 Å². The van der Waals surface area contributed by atoms with Crippen LogP contribution < -0.4 is 15.4 Å². The molecule has 1 aliphatic carbocycles. The first-order valence-corrected chi connectivity index (χ1v) is 10.8. The van der Waals surface area contributed by atoms with Gasteiger partial charge in [0.2, 0.25) is 0 Å². The number of ether oxygens (including phenoxy) is 2. The van der Waals surface area contributed by atoms with E-state index >= 15 is 0 Å². The van der Waals surface area contributed by atoms with Crippen LogP contribution in [0.15, 0.2) is 41.4 Å². The van der Waals surface area contributed by atoms with Gasteiger partial charge in [0.05, 0.1) is 13.2 Å². The number of hydrogen-bond acceptors (Lipinski definition) is 3. The van der Waals surface area contributed by atoms with Crippen LogP contribution in [0.2, 0.25) is 0 Å². The lowest BCUT2D eigenvalue weighted by molar-refractivity contribution is 0.166. The summed E-state index contributed by atoms with van der Waals surface area (Å²) in [6.07, 6.45) is 1.70. The van der Waals surface area contributed by atoms with Crippen molar-refractivity contribution in [1.82, 2.24) is 10.6 Å². The fourth-order valence-electron chi connectivity index (χ4n) is 3.95. The molecule has 4 rings (SSSR count). The molecule has 2 aromatic rings. The molecule has 1 heterocycles. The van der Waals surface area contributed by atoms with Gasteiger partial charge in [-0.15, -0.1) is 24.0 Å². The SMILES string of the molecule is CN=C(NCc1ccc(C)cc1OCC1CCOC1)NC1CC1c1c(F)cccc1F.I. The maximum Gasteiger partial charge on any atom is 0.191 e. The zero-order valence-electron chi connectivity index (χ0n) is 18.4. The third-order valence-corrected chi connectivity index (χ3v) is 5.87. The number of halogens is 3. The molecule has 2 N–H and O–H groups in total. The van der Waals surface area contributed by atoms with Crippen LogP contribution in [-0.2, 0) is 11.3 Å². The van der Waals surface area contributed by atoms with Crippen LogP contribution in [0.5, 0.6) is 5.75 Å². The molecule has 1 aliphatic heterocycles. The normalized spacial score (nSPS) is 22.2. The van der Waals surface area contributed by atoms with Crippen molar-refractivity contribution in [3.8, 4) is 5.75 Å². The van der Waals surface area contributed by atoms with E-state index in [4.69, 9.17) is 9.47 Å². The van der Waals surface area contributed by atoms with Crippen LogP contribution in [0.1, 0.15) is 35.4 Å². The minimum absolute atomic E-state index is 0. The van der Waals surface area contributed by atoms with E-state index in [-0.39, 0.29) is 41.5 Å². The van der Waals surface area contributed by atoms with Crippen LogP contribution >= 0.6 is 24.0 Å². The van der Waals surface area contributed by atoms with Crippen LogP contribution in [0.25, 0.3) is 0 Å². The van der Waals surface area contributed by atoms with Crippen LogP contribution in [-0.4, -0.2) is 38.9 Å². The number of nitrogens with zero attached hydrogens (tertiary/aromatic N) is 1. The Kier molecular flexibility index (Phi) is 8.70. The maximum atomic E-state index is 14.0. The van der Waals surface area contributed by atoms with Crippen molar-refractivity contribution in [2.45, 2.75) is 38.3 Å². The van der Waals surface area contributed by atoms with Crippen LogP contribution in [0.3, 0.4) is 0 Å². The summed E-state index contributed by atoms with van der Waals surface area (Å²) in [4.78, 5) is 4.26. The molecule has 2 aliphatic rings. The van der Waals surface area contributed by atoms with Crippen molar-refractivity contribution in [3.63, 3.8) is 0 Å². The van der Waals surface area contributed by atoms with Gasteiger partial charge in [0, 0.05) is 49.2 Å². The number of hydrogen-bond donors (Lipinski definition) is 2. The van der Waals surface area contributed by atoms with E-state index in [1.54, 1.807) is 7.05 Å². The molecule has 2 fully saturated rings. The highest BCUT2D eigenvalue weighted by molar-refractivity contribution is 14.0. The third-order valence-electron chi connectivity index (χ3n) is 5.87. The van der Waals surface area contributed by atoms with Crippen molar-refractivity contribution in [1.29, 1.82) is 0 Å². The van der Waals surface area contributed by atoms with E-state index in [1.807, 2.05) is 19.1 Å². The molecule has 5 nitrogen and oxygen atoms in total. The molecule has 8 heteroatoms. The zero-order chi connectivity index (χ0) is 21.8. The molecule has 0 bridgehead atoms. The summed E-state index contributed by atoms with van der Waals surface area (Å²) in [6, 6.07) is 10.1. The van der Waals surface area contributed by atoms with Crippen LogP contribution in [0.4, 0.5) is 8.78 Å². The van der Waals surface area contributed by atoms with E-state index < -0.39 is 11.6 Å². The second-order valence-electron chi connectivity index (χ2n) is 8.31. The number of aliphatic imine (C=N–C) groups is 1. The largest absolute Gasteiger partial charge is 0.493 e. The molecule has 0 aromatic heterocycles. The van der Waals surface area contributed by atoms with Gasteiger partial charge in [0.15, 0.2) is 5.96 Å². The highest BCUT2D eigenvalue weighted by Gasteiger charge is 2.42. The summed E-state index contributed by atoms with van der Waals surface area (Å²) in [6.45, 7) is 4.76. The van der Waals surface area contributed by atoms with E-state index in [2.05, 4.69) is 21.7 Å². The first kappa shape index (κ1) is 24.7. The molecule has 32 heavy (non-hydrogen) atoms. The molecule has 0 amide bonds. The average molecular weight is 557 g/mol. The highest BCUT2D eigenvalue weighted by atomic mass is 127. The van der Waals surface area contributed by atoms with Crippen molar-refractivity contribution in [2.75, 3.05) is 26.9 Å². The number of guanidine groups is 1. The Morgan fingerprint density at radius 1 is 1.22 bits per heavy atom. The Morgan fingerprint density at radius 3 is 2.69 bits per heavy atom. The van der Waals surface area contributed by atoms with Crippen molar-refractivity contribution >= 4 is 29.9 Å². The number of benzene rings is 2. The van der Waals surface area contributed by atoms with Gasteiger partial charge in [-0.25, -0.2) is 8.78 Å². The van der Waals surface area contributed by atoms with Gasteiger partial charge in [-0.1, -0.05) is 18.2 Å². The monoisotopic (exact) mass is 557 g/mol. The Morgan fingerprint density at radius 2 is 2.00 bits per heavy atom. The topological polar surface area (TPSA) is 54.9 Å². The lowest BCUT2D eigenvalue weighted by atomic mass is 10.1. The van der Waals surface area contributed by atoms with Crippen molar-refractivity contribution < 1.29 is 18.3 Å². The second-order valence-corrected chi connectivity index (χ2v) is 8.31. The van der Waals surface area contributed by atoms with Gasteiger partial charge in [-0.2, -0.15) is 0 Å². The summed E-state index contributed by atoms with van der Waals surface area (Å²) in [5.41, 5.74) is 2.32. The average Bonchev–Trinajstić information content (AvgIpc) is 3.28. The van der Waals surface area contributed by atoms with E-state index in [0.717, 1.165) is 36.5 Å². The fraction of sp³-hybridized carbons (Fsp3) is 0.458. The smallest absolute Gasteiger partial charge is 0.191 e. The minimum Gasteiger partial charge on any atom is -0.493 e. The molecule has 2 aromatic carbocycles. The number of rotatable bonds is 7. The van der Waals surface area contributed by atoms with Crippen LogP contribution in [0, 0.1) is 24.5 Å². The van der Waals surface area contributed by atoms with Gasteiger partial charge in [0.25, 0.3) is 0 Å². The third kappa shape index (κ3) is 6.10. The lowest BCUT2D eigenvalue weighted by Gasteiger charge is -2.17. The molecular formula is C24H30F2IN3O2. The predicted octanol–water partition coefficient (Wildman–Crippen LogP) is 4.53. The van der Waals surface area contributed by atoms with Gasteiger partial charge in [-0.05, 0) is 43.5 Å². The number of aryl methyl sites for hydroxylation is 1. The van der Waals surface area contributed by atoms with E-state index in [9.17, 15) is 8.78 Å². The summed E-state index contributed by atoms with van der Waals surface area (Å²) in [5, 5.41) is 6.56. The highest BCUT2D eigenvalue weighted by Crippen LogP contribution is 2.43. The van der Waals surface area contributed by atoms with E-state index in [1.165, 1.54) is 18.2 Å². The molecule has 3 unspecified atom stereocenters. The molecule has 174 valence electrons. The molecular weight excluding hydrogens is 527 g/mol. The number of nitrogens with one attached hydrogen (secondary N) is 2. The Bertz CT molecular complexity index is 931. The Balaban J connectivity index is 0.00000289. The fourth-order valence-corrected chi connectivity index (χ4v) is 3.95. The second kappa shape index (κ2) is 11.3. The molecule has 0 radical (unpaired) electrons. The quantitative estimate of drug-likeness (QED) is 0.299. The van der Waals surface area contributed by atoms with Gasteiger partial charge in [-0.3, -0.25) is 4.99 Å². The zero-order valence-corrected chi connectivity index (χ0v) is 20.7. The standard InChI is InChI=1S/C24H29F2N3O2.HI/c1-15-6-7-17(22(10-15)31-14-16-8-9-30-13-16)12-28-24(27-2)29-21-11-18(21)23-19(25)4-3-5-20(23)26;/h3-7,10,16,18,21H,8-9,11-14H2,1-2H3,(H2,27,28,29);1H. The Labute approximate surface area is 205 Å². The molecule has 1 saturated heterocycles. The minimum atomic E-state index is -0.494.